The zero-order valence-corrected chi connectivity index (χ0v) is 20.5. The van der Waals surface area contributed by atoms with Gasteiger partial charge in [0.15, 0.2) is 0 Å². The third kappa shape index (κ3) is 4.70. The van der Waals surface area contributed by atoms with Crippen LogP contribution < -0.4 is 0 Å². The number of aromatic nitrogens is 2. The van der Waals surface area contributed by atoms with Crippen molar-refractivity contribution in [3.8, 4) is 34.0 Å². The van der Waals surface area contributed by atoms with Gasteiger partial charge < -0.3 is 10.2 Å². The summed E-state index contributed by atoms with van der Waals surface area (Å²) in [6.07, 6.45) is 0. The first-order valence-corrected chi connectivity index (χ1v) is 11.6. The maximum absolute atomic E-state index is 13.5. The molecule has 3 aromatic carbocycles. The predicted molar refractivity (Wildman–Crippen MR) is 137 cm³/mol. The molecular formula is C28H27N3O5. The molecule has 1 aromatic heterocycles. The number of hydrogen-bond donors (Lipinski definition) is 2. The van der Waals surface area contributed by atoms with Crippen LogP contribution in [0.5, 0.6) is 11.5 Å². The highest BCUT2D eigenvalue weighted by atomic mass is 16.6. The van der Waals surface area contributed by atoms with E-state index < -0.39 is 10.8 Å². The first-order valence-electron chi connectivity index (χ1n) is 11.6. The maximum atomic E-state index is 13.5. The van der Waals surface area contributed by atoms with Gasteiger partial charge in [0, 0.05) is 28.8 Å². The van der Waals surface area contributed by atoms with Crippen molar-refractivity contribution in [2.24, 2.45) is 0 Å². The van der Waals surface area contributed by atoms with Gasteiger partial charge in [-0.1, -0.05) is 33.8 Å². The zero-order valence-electron chi connectivity index (χ0n) is 20.5. The normalized spacial score (nSPS) is 11.3. The van der Waals surface area contributed by atoms with Gasteiger partial charge in [-0.2, -0.15) is 9.78 Å². The Hall–Kier alpha value is -4.46. The van der Waals surface area contributed by atoms with Crippen LogP contribution in [0, 0.1) is 10.1 Å². The Labute approximate surface area is 208 Å². The summed E-state index contributed by atoms with van der Waals surface area (Å²) < 4.78 is 1.23. The number of non-ortho nitro benzene ring substituents is 1. The van der Waals surface area contributed by atoms with E-state index in [0.29, 0.717) is 28.1 Å². The standard InChI is InChI=1S/C28H27N3O5/c1-16(2)20-13-23(17(3)4)27(33)24(14-20)26-15-25(18-5-9-21(10-6-18)31(35)36)29-30(26)28(34)19-7-11-22(32)12-8-19/h5-17,32-33H,1-4H3. The fraction of sp³-hybridized carbons (Fsp3) is 0.214. The molecule has 0 unspecified atom stereocenters. The van der Waals surface area contributed by atoms with Gasteiger partial charge in [-0.15, -0.1) is 0 Å². The lowest BCUT2D eigenvalue weighted by Crippen LogP contribution is -2.15. The van der Waals surface area contributed by atoms with Gasteiger partial charge in [-0.05, 0) is 71.5 Å². The van der Waals surface area contributed by atoms with Crippen molar-refractivity contribution < 1.29 is 19.9 Å². The summed E-state index contributed by atoms with van der Waals surface area (Å²) in [5, 5.41) is 36.5. The molecule has 0 saturated heterocycles. The van der Waals surface area contributed by atoms with Crippen LogP contribution in [0.15, 0.2) is 66.7 Å². The van der Waals surface area contributed by atoms with Gasteiger partial charge >= 0.3 is 0 Å². The molecule has 0 amide bonds. The molecule has 0 spiro atoms. The number of phenolic OH excluding ortho intramolecular Hbond substituents is 2. The van der Waals surface area contributed by atoms with E-state index in [0.717, 1.165) is 11.1 Å². The van der Waals surface area contributed by atoms with Crippen molar-refractivity contribution in [2.45, 2.75) is 39.5 Å². The summed E-state index contributed by atoms with van der Waals surface area (Å²) in [4.78, 5) is 24.1. The molecule has 8 heteroatoms. The lowest BCUT2D eigenvalue weighted by Gasteiger charge is -2.17. The van der Waals surface area contributed by atoms with Crippen LogP contribution in [0.25, 0.3) is 22.5 Å². The second-order valence-corrected chi connectivity index (χ2v) is 9.30. The summed E-state index contributed by atoms with van der Waals surface area (Å²) in [5.41, 5.74) is 3.89. The molecule has 4 rings (SSSR count). The number of nitrogens with zero attached hydrogens (tertiary/aromatic N) is 3. The number of rotatable bonds is 6. The molecule has 0 bridgehead atoms. The van der Waals surface area contributed by atoms with E-state index in [2.05, 4.69) is 18.9 Å². The summed E-state index contributed by atoms with van der Waals surface area (Å²) in [5.74, 6) is -0.119. The van der Waals surface area contributed by atoms with E-state index in [1.54, 1.807) is 18.2 Å². The molecule has 2 N–H and O–H groups in total. The Bertz CT molecular complexity index is 1440. The van der Waals surface area contributed by atoms with Gasteiger partial charge in [-0.3, -0.25) is 14.9 Å². The SMILES string of the molecule is CC(C)c1cc(-c2cc(-c3ccc([N+](=O)[O-])cc3)nn2C(=O)c2ccc(O)cc2)c(O)c(C(C)C)c1. The summed E-state index contributed by atoms with van der Waals surface area (Å²) in [6.45, 7) is 8.09. The molecule has 0 radical (unpaired) electrons. The Balaban J connectivity index is 1.95. The van der Waals surface area contributed by atoms with Crippen LogP contribution in [0.2, 0.25) is 0 Å². The molecule has 8 nitrogen and oxygen atoms in total. The smallest absolute Gasteiger partial charge is 0.278 e. The highest BCUT2D eigenvalue weighted by Gasteiger charge is 2.24. The highest BCUT2D eigenvalue weighted by molar-refractivity contribution is 5.99. The number of nitro groups is 1. The van der Waals surface area contributed by atoms with E-state index in [-0.39, 0.29) is 29.0 Å². The number of aromatic hydroxyl groups is 2. The first kappa shape index (κ1) is 24.7. The van der Waals surface area contributed by atoms with Gasteiger partial charge in [0.05, 0.1) is 16.3 Å². The van der Waals surface area contributed by atoms with Gasteiger partial charge in [-0.25, -0.2) is 0 Å². The number of carbonyl (C=O) groups is 1. The van der Waals surface area contributed by atoms with Crippen LogP contribution >= 0.6 is 0 Å². The first-order chi connectivity index (χ1) is 17.1. The monoisotopic (exact) mass is 485 g/mol. The van der Waals surface area contributed by atoms with E-state index in [1.807, 2.05) is 26.0 Å². The molecular weight excluding hydrogens is 458 g/mol. The fourth-order valence-electron chi connectivity index (χ4n) is 4.00. The van der Waals surface area contributed by atoms with Gasteiger partial charge in [0.25, 0.3) is 11.6 Å². The minimum absolute atomic E-state index is 0.0302. The second-order valence-electron chi connectivity index (χ2n) is 9.30. The lowest BCUT2D eigenvalue weighted by atomic mass is 9.91. The summed E-state index contributed by atoms with van der Waals surface area (Å²) >= 11 is 0. The van der Waals surface area contributed by atoms with Crippen molar-refractivity contribution in [3.05, 3.63) is 93.5 Å². The molecule has 0 aliphatic rings. The van der Waals surface area contributed by atoms with E-state index in [1.165, 1.54) is 41.1 Å². The molecule has 36 heavy (non-hydrogen) atoms. The number of phenols is 2. The lowest BCUT2D eigenvalue weighted by molar-refractivity contribution is -0.384. The number of carbonyl (C=O) groups excluding carboxylic acids is 1. The molecule has 0 saturated carbocycles. The second kappa shape index (κ2) is 9.65. The molecule has 0 aliphatic carbocycles. The minimum Gasteiger partial charge on any atom is -0.508 e. The predicted octanol–water partition coefficient (Wildman–Crippen LogP) is 6.47. The average Bonchev–Trinajstić information content (AvgIpc) is 3.29. The van der Waals surface area contributed by atoms with E-state index in [9.17, 15) is 25.1 Å². The summed E-state index contributed by atoms with van der Waals surface area (Å²) in [7, 11) is 0. The van der Waals surface area contributed by atoms with E-state index >= 15 is 0 Å². The Morgan fingerprint density at radius 1 is 0.917 bits per heavy atom. The molecule has 4 aromatic rings. The zero-order chi connectivity index (χ0) is 26.1. The third-order valence-electron chi connectivity index (χ3n) is 6.12. The molecule has 0 aliphatic heterocycles. The van der Waals surface area contributed by atoms with E-state index in [4.69, 9.17) is 0 Å². The molecule has 0 fully saturated rings. The van der Waals surface area contributed by atoms with Crippen LogP contribution in [-0.2, 0) is 0 Å². The minimum atomic E-state index is -0.481. The number of benzene rings is 3. The van der Waals surface area contributed by atoms with Crippen molar-refractivity contribution in [2.75, 3.05) is 0 Å². The Kier molecular flexibility index (Phi) is 6.61. The van der Waals surface area contributed by atoms with Gasteiger partial charge in [0.2, 0.25) is 0 Å². The highest BCUT2D eigenvalue weighted by Crippen LogP contribution is 2.40. The average molecular weight is 486 g/mol. The topological polar surface area (TPSA) is 118 Å². The Morgan fingerprint density at radius 3 is 2.11 bits per heavy atom. The van der Waals surface area contributed by atoms with Crippen LogP contribution in [0.3, 0.4) is 0 Å². The van der Waals surface area contributed by atoms with Crippen molar-refractivity contribution in [1.29, 1.82) is 0 Å². The maximum Gasteiger partial charge on any atom is 0.278 e. The number of hydrogen-bond acceptors (Lipinski definition) is 6. The van der Waals surface area contributed by atoms with Gasteiger partial charge in [0.1, 0.15) is 11.5 Å². The van der Waals surface area contributed by atoms with Crippen molar-refractivity contribution >= 4 is 11.6 Å². The van der Waals surface area contributed by atoms with Crippen LogP contribution in [-0.4, -0.2) is 30.8 Å². The van der Waals surface area contributed by atoms with Crippen LogP contribution in [0.4, 0.5) is 5.69 Å². The summed E-state index contributed by atoms with van der Waals surface area (Å²) in [6, 6.07) is 17.3. The largest absolute Gasteiger partial charge is 0.508 e. The van der Waals surface area contributed by atoms with Crippen molar-refractivity contribution in [3.63, 3.8) is 0 Å². The third-order valence-corrected chi connectivity index (χ3v) is 6.12. The van der Waals surface area contributed by atoms with Crippen LogP contribution in [0.1, 0.15) is 61.0 Å². The molecule has 0 atom stereocenters. The molecule has 184 valence electrons. The number of nitro benzene ring substituents is 1. The van der Waals surface area contributed by atoms with Crippen molar-refractivity contribution in [1.82, 2.24) is 9.78 Å². The fourth-order valence-corrected chi connectivity index (χ4v) is 4.00. The Morgan fingerprint density at radius 2 is 1.56 bits per heavy atom. The quantitative estimate of drug-likeness (QED) is 0.239. The molecule has 1 heterocycles.